The van der Waals surface area contributed by atoms with Crippen molar-refractivity contribution in [3.63, 3.8) is 0 Å². The average Bonchev–Trinajstić information content (AvgIpc) is 2.97. The van der Waals surface area contributed by atoms with Crippen molar-refractivity contribution >= 4 is 17.8 Å². The third-order valence-electron chi connectivity index (χ3n) is 5.39. The van der Waals surface area contributed by atoms with Gasteiger partial charge in [0.1, 0.15) is 11.5 Å². The fourth-order valence-electron chi connectivity index (χ4n) is 3.32. The average molecular weight is 350 g/mol. The van der Waals surface area contributed by atoms with Gasteiger partial charge in [-0.1, -0.05) is 45.9 Å². The van der Waals surface area contributed by atoms with E-state index >= 15 is 0 Å². The van der Waals surface area contributed by atoms with Gasteiger partial charge in [0.05, 0.1) is 5.56 Å². The summed E-state index contributed by atoms with van der Waals surface area (Å²) in [5.41, 5.74) is 4.28. The molecular formula is C23H26O3. The van der Waals surface area contributed by atoms with Gasteiger partial charge in [-0.05, 0) is 65.6 Å². The topological polar surface area (TPSA) is 46.5 Å². The van der Waals surface area contributed by atoms with Crippen molar-refractivity contribution in [3.8, 4) is 5.75 Å². The van der Waals surface area contributed by atoms with E-state index in [0.717, 1.165) is 35.1 Å². The molecule has 2 aromatic rings. The van der Waals surface area contributed by atoms with Gasteiger partial charge in [0.25, 0.3) is 0 Å². The first-order chi connectivity index (χ1) is 12.5. The Kier molecular flexibility index (Phi) is 5.17. The Bertz CT molecular complexity index is 833. The van der Waals surface area contributed by atoms with Gasteiger partial charge in [-0.3, -0.25) is 0 Å². The molecule has 0 fully saturated rings. The lowest BCUT2D eigenvalue weighted by molar-refractivity contribution is 0.0717. The van der Waals surface area contributed by atoms with Crippen LogP contribution in [0.15, 0.2) is 36.4 Å². The normalized spacial score (nSPS) is 17.1. The number of benzene rings is 2. The van der Waals surface area contributed by atoms with E-state index in [1.807, 2.05) is 36.4 Å². The molecule has 2 unspecified atom stereocenters. The van der Waals surface area contributed by atoms with Gasteiger partial charge in [-0.25, -0.2) is 4.79 Å². The van der Waals surface area contributed by atoms with Crippen LogP contribution in [0.1, 0.15) is 85.0 Å². The van der Waals surface area contributed by atoms with E-state index in [0.29, 0.717) is 17.1 Å². The number of rotatable bonds is 5. The zero-order valence-electron chi connectivity index (χ0n) is 15.9. The predicted octanol–water partition coefficient (Wildman–Crippen LogP) is 6.09. The van der Waals surface area contributed by atoms with Gasteiger partial charge in [0.2, 0.25) is 0 Å². The summed E-state index contributed by atoms with van der Waals surface area (Å²) in [6, 6.07) is 11.4. The molecule has 0 saturated carbocycles. The maximum Gasteiger partial charge on any atom is 0.344 e. The lowest BCUT2D eigenvalue weighted by Gasteiger charge is -2.19. The number of phenols is 1. The molecule has 0 bridgehead atoms. The number of hydrogen-bond donors (Lipinski definition) is 1. The van der Waals surface area contributed by atoms with Crippen LogP contribution in [0.25, 0.3) is 11.8 Å². The zero-order valence-corrected chi connectivity index (χ0v) is 15.9. The molecule has 2 aromatic carbocycles. The Hall–Kier alpha value is -2.55. The largest absolute Gasteiger partial charge is 0.507 e. The molecule has 0 amide bonds. The highest BCUT2D eigenvalue weighted by atomic mass is 16.5. The Morgan fingerprint density at radius 2 is 1.54 bits per heavy atom. The monoisotopic (exact) mass is 350 g/mol. The number of ether oxygens (including phenoxy) is 1. The second kappa shape index (κ2) is 7.36. The maximum absolute atomic E-state index is 12.1. The summed E-state index contributed by atoms with van der Waals surface area (Å²) < 4.78 is 5.48. The van der Waals surface area contributed by atoms with Crippen LogP contribution in [0.4, 0.5) is 0 Å². The van der Waals surface area contributed by atoms with Crippen LogP contribution in [0.3, 0.4) is 0 Å². The molecule has 0 saturated heterocycles. The summed E-state index contributed by atoms with van der Waals surface area (Å²) in [4.78, 5) is 12.1. The van der Waals surface area contributed by atoms with E-state index in [2.05, 4.69) is 27.7 Å². The van der Waals surface area contributed by atoms with Crippen LogP contribution in [0.2, 0.25) is 0 Å². The molecule has 1 aliphatic heterocycles. The number of esters is 1. The van der Waals surface area contributed by atoms with Gasteiger partial charge in [-0.15, -0.1) is 0 Å². The minimum atomic E-state index is -0.310. The van der Waals surface area contributed by atoms with Gasteiger partial charge in [-0.2, -0.15) is 0 Å². The van der Waals surface area contributed by atoms with E-state index in [1.165, 1.54) is 0 Å². The number of hydrogen-bond acceptors (Lipinski definition) is 3. The second-order valence-corrected chi connectivity index (χ2v) is 7.11. The molecule has 0 aromatic heterocycles. The molecule has 3 nitrogen and oxygen atoms in total. The van der Waals surface area contributed by atoms with Crippen molar-refractivity contribution in [2.75, 3.05) is 0 Å². The SMILES string of the molecule is CCC(C)c1cc(C=C2OC(=O)c3ccccc32)cc(C(C)CC)c1O. The quantitative estimate of drug-likeness (QED) is 0.664. The third kappa shape index (κ3) is 3.26. The molecule has 3 heteroatoms. The predicted molar refractivity (Wildman–Crippen MR) is 105 cm³/mol. The van der Waals surface area contributed by atoms with Crippen LogP contribution in [-0.4, -0.2) is 11.1 Å². The first-order valence-electron chi connectivity index (χ1n) is 9.36. The third-order valence-corrected chi connectivity index (χ3v) is 5.39. The fraction of sp³-hybridized carbons (Fsp3) is 0.348. The maximum atomic E-state index is 12.1. The number of fused-ring (bicyclic) bond motifs is 1. The number of cyclic esters (lactones) is 1. The van der Waals surface area contributed by atoms with Gasteiger partial charge >= 0.3 is 5.97 Å². The zero-order chi connectivity index (χ0) is 18.8. The van der Waals surface area contributed by atoms with E-state index in [9.17, 15) is 9.90 Å². The van der Waals surface area contributed by atoms with Gasteiger partial charge < -0.3 is 9.84 Å². The Morgan fingerprint density at radius 3 is 2.08 bits per heavy atom. The van der Waals surface area contributed by atoms with Crippen molar-refractivity contribution in [1.82, 2.24) is 0 Å². The molecule has 0 radical (unpaired) electrons. The summed E-state index contributed by atoms with van der Waals surface area (Å²) in [5.74, 6) is 1.18. The molecule has 1 aliphatic rings. The fourth-order valence-corrected chi connectivity index (χ4v) is 3.32. The summed E-state index contributed by atoms with van der Waals surface area (Å²) in [6.07, 6.45) is 3.80. The van der Waals surface area contributed by atoms with Crippen LogP contribution in [0, 0.1) is 0 Å². The molecule has 26 heavy (non-hydrogen) atoms. The Labute approximate surface area is 155 Å². The van der Waals surface area contributed by atoms with Gasteiger partial charge in [0.15, 0.2) is 0 Å². The number of aromatic hydroxyl groups is 1. The molecule has 136 valence electrons. The van der Waals surface area contributed by atoms with E-state index in [-0.39, 0.29) is 17.8 Å². The smallest absolute Gasteiger partial charge is 0.344 e. The Balaban J connectivity index is 2.12. The lowest BCUT2D eigenvalue weighted by atomic mass is 9.88. The first-order valence-corrected chi connectivity index (χ1v) is 9.36. The minimum absolute atomic E-state index is 0.259. The molecule has 1 N–H and O–H groups in total. The van der Waals surface area contributed by atoms with Crippen molar-refractivity contribution < 1.29 is 14.6 Å². The van der Waals surface area contributed by atoms with Crippen molar-refractivity contribution in [3.05, 3.63) is 64.2 Å². The summed E-state index contributed by atoms with van der Waals surface area (Å²) in [5, 5.41) is 10.8. The Morgan fingerprint density at radius 1 is 1.00 bits per heavy atom. The van der Waals surface area contributed by atoms with Crippen LogP contribution in [0.5, 0.6) is 5.75 Å². The van der Waals surface area contributed by atoms with E-state index in [4.69, 9.17) is 4.74 Å². The highest BCUT2D eigenvalue weighted by molar-refractivity contribution is 6.05. The molecular weight excluding hydrogens is 324 g/mol. The highest BCUT2D eigenvalue weighted by Gasteiger charge is 2.26. The molecule has 0 spiro atoms. The molecule has 2 atom stereocenters. The van der Waals surface area contributed by atoms with E-state index < -0.39 is 0 Å². The summed E-state index contributed by atoms with van der Waals surface area (Å²) in [6.45, 7) is 8.48. The second-order valence-electron chi connectivity index (χ2n) is 7.11. The number of phenolic OH excluding ortho intramolecular Hbond substituents is 1. The highest BCUT2D eigenvalue weighted by Crippen LogP contribution is 2.39. The lowest BCUT2D eigenvalue weighted by Crippen LogP contribution is -2.00. The van der Waals surface area contributed by atoms with Crippen molar-refractivity contribution in [2.45, 2.75) is 52.4 Å². The van der Waals surface area contributed by atoms with Crippen LogP contribution < -0.4 is 0 Å². The number of carbonyl (C=O) groups excluding carboxylic acids is 1. The summed E-state index contributed by atoms with van der Waals surface area (Å²) in [7, 11) is 0. The number of carbonyl (C=O) groups is 1. The molecule has 1 heterocycles. The molecule has 3 rings (SSSR count). The summed E-state index contributed by atoms with van der Waals surface area (Å²) >= 11 is 0. The van der Waals surface area contributed by atoms with Crippen molar-refractivity contribution in [2.24, 2.45) is 0 Å². The van der Waals surface area contributed by atoms with Crippen molar-refractivity contribution in [1.29, 1.82) is 0 Å². The molecule has 0 aliphatic carbocycles. The van der Waals surface area contributed by atoms with Crippen LogP contribution >= 0.6 is 0 Å². The van der Waals surface area contributed by atoms with Gasteiger partial charge in [0, 0.05) is 5.56 Å². The standard InChI is InChI=1S/C23H26O3/c1-5-14(3)19-11-16(12-20(22(19)24)15(4)6-2)13-21-17-9-7-8-10-18(17)23(25)26-21/h7-15,24H,5-6H2,1-4H3. The first kappa shape index (κ1) is 18.2. The minimum Gasteiger partial charge on any atom is -0.507 e. The van der Waals surface area contributed by atoms with E-state index in [1.54, 1.807) is 6.07 Å². The van der Waals surface area contributed by atoms with Crippen LogP contribution in [-0.2, 0) is 4.74 Å².